The Labute approximate surface area is 132 Å². The van der Waals surface area contributed by atoms with E-state index in [1.54, 1.807) is 4.90 Å². The van der Waals surface area contributed by atoms with Crippen LogP contribution in [0.5, 0.6) is 0 Å². The summed E-state index contributed by atoms with van der Waals surface area (Å²) in [5, 5.41) is 2.90. The standard InChI is InChI=1S/C17H25N3O2/c1-5-20(6-2)17(22)15-11-14(15)16(21)18-12-7-9-13(10-8-12)19(3)4/h7-10,14-15H,5-6,11H2,1-4H3,(H,18,21). The van der Waals surface area contributed by atoms with Gasteiger partial charge in [0.15, 0.2) is 0 Å². The van der Waals surface area contributed by atoms with Crippen LogP contribution in [-0.4, -0.2) is 43.9 Å². The predicted molar refractivity (Wildman–Crippen MR) is 88.9 cm³/mol. The first-order valence-electron chi connectivity index (χ1n) is 7.85. The molecule has 2 atom stereocenters. The topological polar surface area (TPSA) is 52.7 Å². The van der Waals surface area contributed by atoms with E-state index in [1.807, 2.05) is 57.1 Å². The van der Waals surface area contributed by atoms with Crippen LogP contribution in [0.4, 0.5) is 11.4 Å². The number of anilines is 2. The summed E-state index contributed by atoms with van der Waals surface area (Å²) in [6.45, 7) is 5.33. The van der Waals surface area contributed by atoms with Gasteiger partial charge in [0.05, 0.1) is 11.8 Å². The summed E-state index contributed by atoms with van der Waals surface area (Å²) in [4.78, 5) is 28.2. The van der Waals surface area contributed by atoms with Gasteiger partial charge in [0.1, 0.15) is 0 Å². The second-order valence-electron chi connectivity index (χ2n) is 5.89. The molecule has 5 nitrogen and oxygen atoms in total. The van der Waals surface area contributed by atoms with Crippen molar-refractivity contribution in [3.05, 3.63) is 24.3 Å². The second-order valence-corrected chi connectivity index (χ2v) is 5.89. The first-order chi connectivity index (χ1) is 10.5. The molecule has 0 aliphatic heterocycles. The third-order valence-electron chi connectivity index (χ3n) is 4.17. The zero-order valence-electron chi connectivity index (χ0n) is 13.8. The number of amides is 2. The number of nitrogens with one attached hydrogen (secondary N) is 1. The molecule has 1 N–H and O–H groups in total. The van der Waals surface area contributed by atoms with E-state index >= 15 is 0 Å². The Hall–Kier alpha value is -2.04. The van der Waals surface area contributed by atoms with Crippen LogP contribution in [0.25, 0.3) is 0 Å². The Morgan fingerprint density at radius 2 is 1.68 bits per heavy atom. The van der Waals surface area contributed by atoms with Crippen molar-refractivity contribution in [2.24, 2.45) is 11.8 Å². The van der Waals surface area contributed by atoms with Crippen molar-refractivity contribution in [2.45, 2.75) is 20.3 Å². The van der Waals surface area contributed by atoms with Gasteiger partial charge in [0.25, 0.3) is 0 Å². The van der Waals surface area contributed by atoms with Crippen LogP contribution in [0.3, 0.4) is 0 Å². The molecular weight excluding hydrogens is 278 g/mol. The smallest absolute Gasteiger partial charge is 0.228 e. The van der Waals surface area contributed by atoms with Gasteiger partial charge in [0.2, 0.25) is 11.8 Å². The Morgan fingerprint density at radius 3 is 2.18 bits per heavy atom. The van der Waals surface area contributed by atoms with E-state index in [1.165, 1.54) is 0 Å². The number of hydrogen-bond donors (Lipinski definition) is 1. The molecule has 0 heterocycles. The average Bonchev–Trinajstić information content (AvgIpc) is 3.29. The van der Waals surface area contributed by atoms with Crippen LogP contribution in [0, 0.1) is 11.8 Å². The largest absolute Gasteiger partial charge is 0.378 e. The number of benzene rings is 1. The SMILES string of the molecule is CCN(CC)C(=O)C1CC1C(=O)Nc1ccc(N(C)C)cc1. The zero-order chi connectivity index (χ0) is 16.3. The van der Waals surface area contributed by atoms with E-state index in [0.29, 0.717) is 19.5 Å². The van der Waals surface area contributed by atoms with E-state index in [-0.39, 0.29) is 23.7 Å². The molecule has 5 heteroatoms. The van der Waals surface area contributed by atoms with Gasteiger partial charge in [-0.1, -0.05) is 0 Å². The van der Waals surface area contributed by atoms with E-state index < -0.39 is 0 Å². The predicted octanol–water partition coefficient (Wildman–Crippen LogP) is 2.20. The molecule has 22 heavy (non-hydrogen) atoms. The van der Waals surface area contributed by atoms with Gasteiger partial charge < -0.3 is 15.1 Å². The average molecular weight is 303 g/mol. The highest BCUT2D eigenvalue weighted by Crippen LogP contribution is 2.40. The van der Waals surface area contributed by atoms with Crippen LogP contribution >= 0.6 is 0 Å². The third kappa shape index (κ3) is 3.59. The molecule has 0 saturated heterocycles. The first-order valence-corrected chi connectivity index (χ1v) is 7.85. The normalized spacial score (nSPS) is 19.5. The molecule has 2 rings (SSSR count). The summed E-state index contributed by atoms with van der Waals surface area (Å²) in [6, 6.07) is 7.69. The highest BCUT2D eigenvalue weighted by Gasteiger charge is 2.49. The molecule has 0 spiro atoms. The maximum atomic E-state index is 12.2. The lowest BCUT2D eigenvalue weighted by molar-refractivity contribution is -0.133. The van der Waals surface area contributed by atoms with Gasteiger partial charge in [-0.05, 0) is 44.5 Å². The fourth-order valence-corrected chi connectivity index (χ4v) is 2.61. The maximum Gasteiger partial charge on any atom is 0.228 e. The summed E-state index contributed by atoms with van der Waals surface area (Å²) < 4.78 is 0. The first kappa shape index (κ1) is 16.3. The van der Waals surface area contributed by atoms with E-state index in [0.717, 1.165) is 11.4 Å². The number of carbonyl (C=O) groups is 2. The van der Waals surface area contributed by atoms with Crippen LogP contribution in [0.15, 0.2) is 24.3 Å². The lowest BCUT2D eigenvalue weighted by Crippen LogP contribution is -2.33. The number of carbonyl (C=O) groups excluding carboxylic acids is 2. The zero-order valence-corrected chi connectivity index (χ0v) is 13.8. The summed E-state index contributed by atoms with van der Waals surface area (Å²) in [5.41, 5.74) is 1.86. The second kappa shape index (κ2) is 6.81. The molecule has 1 aromatic carbocycles. The van der Waals surface area contributed by atoms with Crippen molar-refractivity contribution in [3.8, 4) is 0 Å². The van der Waals surface area contributed by atoms with Crippen molar-refractivity contribution in [3.63, 3.8) is 0 Å². The van der Waals surface area contributed by atoms with Crippen molar-refractivity contribution in [2.75, 3.05) is 37.4 Å². The summed E-state index contributed by atoms with van der Waals surface area (Å²) >= 11 is 0. The molecule has 1 aromatic rings. The minimum absolute atomic E-state index is 0.0527. The molecule has 1 aliphatic carbocycles. The molecule has 1 saturated carbocycles. The summed E-state index contributed by atoms with van der Waals surface area (Å²) in [7, 11) is 3.95. The fraction of sp³-hybridized carbons (Fsp3) is 0.529. The molecule has 0 radical (unpaired) electrons. The van der Waals surface area contributed by atoms with Gasteiger partial charge >= 0.3 is 0 Å². The summed E-state index contributed by atoms with van der Waals surface area (Å²) in [6.07, 6.45) is 0.664. The van der Waals surface area contributed by atoms with Gasteiger partial charge in [-0.2, -0.15) is 0 Å². The minimum Gasteiger partial charge on any atom is -0.378 e. The van der Waals surface area contributed by atoms with Crippen molar-refractivity contribution in [1.29, 1.82) is 0 Å². The summed E-state index contributed by atoms with van der Waals surface area (Å²) in [5.74, 6) is -0.265. The van der Waals surface area contributed by atoms with Gasteiger partial charge in [-0.25, -0.2) is 0 Å². The van der Waals surface area contributed by atoms with Crippen molar-refractivity contribution < 1.29 is 9.59 Å². The maximum absolute atomic E-state index is 12.2. The lowest BCUT2D eigenvalue weighted by Gasteiger charge is -2.18. The van der Waals surface area contributed by atoms with E-state index in [9.17, 15) is 9.59 Å². The molecule has 0 bridgehead atoms. The van der Waals surface area contributed by atoms with Crippen LogP contribution in [0.1, 0.15) is 20.3 Å². The number of rotatable bonds is 6. The number of nitrogens with zero attached hydrogens (tertiary/aromatic N) is 2. The van der Waals surface area contributed by atoms with E-state index in [4.69, 9.17) is 0 Å². The monoisotopic (exact) mass is 303 g/mol. The highest BCUT2D eigenvalue weighted by molar-refractivity contribution is 5.99. The van der Waals surface area contributed by atoms with Crippen molar-refractivity contribution in [1.82, 2.24) is 4.90 Å². The molecule has 2 unspecified atom stereocenters. The van der Waals surface area contributed by atoms with Gasteiger partial charge in [-0.15, -0.1) is 0 Å². The Balaban J connectivity index is 1.90. The van der Waals surface area contributed by atoms with Crippen molar-refractivity contribution >= 4 is 23.2 Å². The van der Waals surface area contributed by atoms with Crippen LogP contribution in [-0.2, 0) is 9.59 Å². The third-order valence-corrected chi connectivity index (χ3v) is 4.17. The van der Waals surface area contributed by atoms with Crippen LogP contribution < -0.4 is 10.2 Å². The Kier molecular flexibility index (Phi) is 5.06. The van der Waals surface area contributed by atoms with E-state index in [2.05, 4.69) is 5.32 Å². The van der Waals surface area contributed by atoms with Crippen LogP contribution in [0.2, 0.25) is 0 Å². The molecule has 120 valence electrons. The fourth-order valence-electron chi connectivity index (χ4n) is 2.61. The van der Waals surface area contributed by atoms with Gasteiger partial charge in [-0.3, -0.25) is 9.59 Å². The quantitative estimate of drug-likeness (QED) is 0.876. The lowest BCUT2D eigenvalue weighted by atomic mass is 10.2. The molecular formula is C17H25N3O2. The highest BCUT2D eigenvalue weighted by atomic mass is 16.2. The molecule has 1 fully saturated rings. The molecule has 2 amide bonds. The molecule has 0 aromatic heterocycles. The molecule has 1 aliphatic rings. The van der Waals surface area contributed by atoms with Gasteiger partial charge in [0, 0.05) is 38.6 Å². The Bertz CT molecular complexity index is 535. The number of hydrogen-bond acceptors (Lipinski definition) is 3. The Morgan fingerprint density at radius 1 is 1.09 bits per heavy atom. The minimum atomic E-state index is -0.179.